The molecule has 57 heavy (non-hydrogen) atoms. The third-order valence-corrected chi connectivity index (χ3v) is 8.98. The lowest BCUT2D eigenvalue weighted by atomic mass is 10.0. The average molecular weight is 825 g/mol. The molecule has 1 aromatic heterocycles. The third kappa shape index (κ3) is 10.5. The Kier molecular flexibility index (Phi) is 13.9. The normalized spacial score (nSPS) is 10.8. The zero-order valence-corrected chi connectivity index (χ0v) is 31.7. The largest absolute Gasteiger partial charge is 0.488 e. The van der Waals surface area contributed by atoms with Crippen molar-refractivity contribution >= 4 is 40.7 Å². The molecule has 0 bridgehead atoms. The van der Waals surface area contributed by atoms with E-state index in [1.165, 1.54) is 61.5 Å². The monoisotopic (exact) mass is 823 g/mol. The van der Waals surface area contributed by atoms with E-state index in [0.29, 0.717) is 32.7 Å². The Bertz CT molecular complexity index is 2470. The van der Waals surface area contributed by atoms with Crippen LogP contribution in [0.4, 0.5) is 22.0 Å². The van der Waals surface area contributed by atoms with Crippen LogP contribution in [-0.4, -0.2) is 27.2 Å². The summed E-state index contributed by atoms with van der Waals surface area (Å²) in [6, 6.07) is 24.3. The van der Waals surface area contributed by atoms with Gasteiger partial charge in [-0.1, -0.05) is 47.5 Å². The summed E-state index contributed by atoms with van der Waals surface area (Å²) in [7, 11) is 0. The maximum Gasteiger partial charge on any atom is 0.338 e. The Balaban J connectivity index is 0.000000230. The lowest BCUT2D eigenvalue weighted by Crippen LogP contribution is -2.07. The highest BCUT2D eigenvalue weighted by Gasteiger charge is 2.19. The van der Waals surface area contributed by atoms with Gasteiger partial charge in [0.15, 0.2) is 29.1 Å². The molecule has 0 saturated heterocycles. The molecule has 6 aromatic rings. The summed E-state index contributed by atoms with van der Waals surface area (Å²) in [4.78, 5) is 34.7. The van der Waals surface area contributed by atoms with Crippen molar-refractivity contribution in [1.29, 1.82) is 0 Å². The van der Waals surface area contributed by atoms with Gasteiger partial charge in [0, 0.05) is 51.0 Å². The minimum atomic E-state index is -1.38. The van der Waals surface area contributed by atoms with Gasteiger partial charge < -0.3 is 23.9 Å². The molecule has 7 nitrogen and oxygen atoms in total. The highest BCUT2D eigenvalue weighted by Crippen LogP contribution is 2.36. The Hall–Kier alpha value is -5.98. The molecular formula is C43H32Cl2F5NO6. The lowest BCUT2D eigenvalue weighted by molar-refractivity contribution is -0.117. The van der Waals surface area contributed by atoms with Crippen LogP contribution in [0.2, 0.25) is 10.0 Å². The number of carbonyl (C=O) groups is 3. The van der Waals surface area contributed by atoms with Gasteiger partial charge in [0.2, 0.25) is 0 Å². The van der Waals surface area contributed by atoms with E-state index in [4.69, 9.17) is 32.7 Å². The van der Waals surface area contributed by atoms with Crippen molar-refractivity contribution in [3.05, 3.63) is 170 Å². The molecule has 0 radical (unpaired) electrons. The molecule has 6 rings (SSSR count). The van der Waals surface area contributed by atoms with Crippen LogP contribution in [0.3, 0.4) is 0 Å². The number of ether oxygens (including phenoxy) is 2. The molecule has 0 aliphatic carbocycles. The van der Waals surface area contributed by atoms with Crippen molar-refractivity contribution in [3.63, 3.8) is 0 Å². The number of carboxylic acid groups (broad SMARTS) is 1. The number of aromatic carboxylic acids is 1. The fourth-order valence-corrected chi connectivity index (χ4v) is 5.98. The van der Waals surface area contributed by atoms with Gasteiger partial charge >= 0.3 is 5.97 Å². The van der Waals surface area contributed by atoms with Gasteiger partial charge in [-0.05, 0) is 92.7 Å². The van der Waals surface area contributed by atoms with Crippen LogP contribution in [0.25, 0.3) is 16.9 Å². The molecular weight excluding hydrogens is 792 g/mol. The summed E-state index contributed by atoms with van der Waals surface area (Å²) in [6.45, 7) is 2.74. The number of halogens is 7. The van der Waals surface area contributed by atoms with Crippen LogP contribution in [0, 0.1) is 36.0 Å². The van der Waals surface area contributed by atoms with Crippen molar-refractivity contribution in [3.8, 4) is 28.4 Å². The van der Waals surface area contributed by atoms with E-state index in [1.54, 1.807) is 41.8 Å². The van der Waals surface area contributed by atoms with Crippen LogP contribution >= 0.6 is 23.2 Å². The minimum absolute atomic E-state index is 0.0281. The number of rotatable bonds is 13. The first-order valence-electron chi connectivity index (χ1n) is 17.1. The number of aryl methyl sites for hydroxylation is 1. The molecule has 0 unspecified atom stereocenters. The number of carbonyl (C=O) groups excluding carboxylic acids is 2. The molecule has 0 saturated carbocycles. The van der Waals surface area contributed by atoms with Crippen molar-refractivity contribution < 1.29 is 50.9 Å². The summed E-state index contributed by atoms with van der Waals surface area (Å²) in [5.41, 5.74) is 2.13. The van der Waals surface area contributed by atoms with Crippen LogP contribution in [0.5, 0.6) is 11.5 Å². The lowest BCUT2D eigenvalue weighted by Gasteiger charge is -2.17. The summed E-state index contributed by atoms with van der Waals surface area (Å²) < 4.78 is 81.4. The first-order chi connectivity index (χ1) is 27.1. The second kappa shape index (κ2) is 18.8. The van der Waals surface area contributed by atoms with Gasteiger partial charge in [0.1, 0.15) is 36.3 Å². The Morgan fingerprint density at radius 2 is 1.23 bits per heavy atom. The molecule has 14 heteroatoms. The second-order valence-electron chi connectivity index (χ2n) is 12.6. The number of nitrogens with zero attached hydrogens (tertiary/aromatic N) is 1. The summed E-state index contributed by atoms with van der Waals surface area (Å²) >= 11 is 12.1. The van der Waals surface area contributed by atoms with Crippen LogP contribution < -0.4 is 9.47 Å². The predicted molar refractivity (Wildman–Crippen MR) is 205 cm³/mol. The van der Waals surface area contributed by atoms with Crippen molar-refractivity contribution in [2.75, 3.05) is 0 Å². The maximum atomic E-state index is 14.1. The van der Waals surface area contributed by atoms with Crippen LogP contribution in [-0.2, 0) is 18.0 Å². The van der Waals surface area contributed by atoms with Gasteiger partial charge in [-0.25, -0.2) is 26.7 Å². The van der Waals surface area contributed by atoms with Gasteiger partial charge in [-0.15, -0.1) is 0 Å². The topological polar surface area (TPSA) is 94.8 Å². The van der Waals surface area contributed by atoms with Gasteiger partial charge in [-0.3, -0.25) is 4.79 Å². The molecule has 0 aliphatic heterocycles. The molecule has 0 atom stereocenters. The predicted octanol–water partition coefficient (Wildman–Crippen LogP) is 11.5. The molecule has 0 fully saturated rings. The van der Waals surface area contributed by atoms with E-state index >= 15 is 0 Å². The fourth-order valence-electron chi connectivity index (χ4n) is 5.64. The van der Waals surface area contributed by atoms with Gasteiger partial charge in [0.05, 0.1) is 16.8 Å². The highest BCUT2D eigenvalue weighted by atomic mass is 35.5. The molecule has 0 spiro atoms. The Morgan fingerprint density at radius 1 is 0.649 bits per heavy atom. The fraction of sp³-hybridized carbons (Fsp3) is 0.140. The Labute approximate surface area is 333 Å². The Morgan fingerprint density at radius 3 is 1.82 bits per heavy atom. The zero-order chi connectivity index (χ0) is 41.4. The number of Topliss-reactive ketones (excluding diaryl/α,β-unsaturated/α-hetero) is 2. The van der Waals surface area contributed by atoms with E-state index in [1.807, 2.05) is 0 Å². The number of hydrogen-bond donors (Lipinski definition) is 1. The van der Waals surface area contributed by atoms with Crippen molar-refractivity contribution in [1.82, 2.24) is 4.57 Å². The van der Waals surface area contributed by atoms with Crippen molar-refractivity contribution in [2.45, 2.75) is 39.9 Å². The number of ketones is 2. The van der Waals surface area contributed by atoms with Gasteiger partial charge in [0.25, 0.3) is 0 Å². The summed E-state index contributed by atoms with van der Waals surface area (Å²) in [6.07, 6.45) is 0.143. The van der Waals surface area contributed by atoms with E-state index in [-0.39, 0.29) is 60.1 Å². The van der Waals surface area contributed by atoms with Crippen LogP contribution in [0.1, 0.15) is 57.3 Å². The van der Waals surface area contributed by atoms with Gasteiger partial charge in [-0.2, -0.15) is 0 Å². The number of benzene rings is 5. The molecule has 0 amide bonds. The van der Waals surface area contributed by atoms with E-state index < -0.39 is 40.6 Å². The zero-order valence-electron chi connectivity index (χ0n) is 30.2. The number of aromatic nitrogens is 1. The highest BCUT2D eigenvalue weighted by molar-refractivity contribution is 6.31. The smallest absolute Gasteiger partial charge is 0.338 e. The summed E-state index contributed by atoms with van der Waals surface area (Å²) in [5, 5.41) is 10.0. The van der Waals surface area contributed by atoms with E-state index in [2.05, 4.69) is 0 Å². The van der Waals surface area contributed by atoms with E-state index in [0.717, 1.165) is 23.9 Å². The SMILES string of the molecule is CC(=O)CCC(=O)c1cc(Cl)ccc1OCc1cccc(F)c1F.Cc1ccc(-c2cc(Cl)ccc2OCc2cccc(F)c2F)n1-c1ccc(F)c(C(=O)O)c1. The summed E-state index contributed by atoms with van der Waals surface area (Å²) in [5.74, 6) is -5.99. The third-order valence-electron chi connectivity index (χ3n) is 8.51. The quantitative estimate of drug-likeness (QED) is 0.0921. The molecule has 0 aliphatic rings. The maximum absolute atomic E-state index is 14.1. The first kappa shape index (κ1) is 42.2. The van der Waals surface area contributed by atoms with E-state index in [9.17, 15) is 41.4 Å². The number of carboxylic acids is 1. The first-order valence-corrected chi connectivity index (χ1v) is 17.8. The minimum Gasteiger partial charge on any atom is -0.488 e. The second-order valence-corrected chi connectivity index (χ2v) is 13.4. The molecule has 294 valence electrons. The standard InChI is InChI=1S/C25H17ClF3NO3.C18H15ClF2O3/c1-14-5-9-22(30(14)17-7-8-20(27)18(12-17)25(31)32)19-11-16(26)6-10-23(19)33-13-15-3-2-4-21(28)24(15)29;1-11(22)5-7-16(23)14-9-13(19)6-8-17(14)24-10-12-3-2-4-15(20)18(12)21/h2-12H,13H2,1H3,(H,31,32);2-4,6,8-9H,5,7,10H2,1H3. The van der Waals surface area contributed by atoms with Crippen LogP contribution in [0.15, 0.2) is 103 Å². The van der Waals surface area contributed by atoms with Crippen molar-refractivity contribution in [2.24, 2.45) is 0 Å². The average Bonchev–Trinajstić information content (AvgIpc) is 3.56. The molecule has 1 heterocycles. The molecule has 5 aromatic carbocycles. The number of hydrogen-bond acceptors (Lipinski definition) is 5. The molecule has 1 N–H and O–H groups in total.